The van der Waals surface area contributed by atoms with E-state index in [1.807, 2.05) is 27.7 Å². The van der Waals surface area contributed by atoms with E-state index in [0.717, 1.165) is 5.56 Å². The molecule has 0 saturated carbocycles. The Morgan fingerprint density at radius 1 is 1.09 bits per heavy atom. The molecular formula is C17H21N3O2. The fraction of sp³-hybridized carbons (Fsp3) is 0.529. The molecule has 0 amide bonds. The van der Waals surface area contributed by atoms with E-state index >= 15 is 0 Å². The zero-order chi connectivity index (χ0) is 16.9. The molecule has 0 aliphatic carbocycles. The second-order valence-electron chi connectivity index (χ2n) is 6.28. The van der Waals surface area contributed by atoms with Gasteiger partial charge in [0.2, 0.25) is 0 Å². The average Bonchev–Trinajstić information content (AvgIpc) is 2.41. The molecule has 0 bridgehead atoms. The molecule has 0 radical (unpaired) electrons. The van der Waals surface area contributed by atoms with Crippen molar-refractivity contribution in [3.63, 3.8) is 0 Å². The highest BCUT2D eigenvalue weighted by atomic mass is 16.6. The molecule has 22 heavy (non-hydrogen) atoms. The van der Waals surface area contributed by atoms with Crippen molar-refractivity contribution in [3.8, 4) is 12.1 Å². The van der Waals surface area contributed by atoms with Crippen LogP contribution in [0.2, 0.25) is 0 Å². The molecule has 0 aromatic heterocycles. The lowest BCUT2D eigenvalue weighted by Gasteiger charge is -2.17. The predicted molar refractivity (Wildman–Crippen MR) is 84.2 cm³/mol. The van der Waals surface area contributed by atoms with Gasteiger partial charge in [0.15, 0.2) is 0 Å². The van der Waals surface area contributed by atoms with Crippen molar-refractivity contribution >= 4 is 5.69 Å². The molecule has 0 spiro atoms. The number of rotatable bonds is 6. The summed E-state index contributed by atoms with van der Waals surface area (Å²) in [6, 6.07) is 5.53. The molecule has 0 fully saturated rings. The number of nitro groups is 1. The van der Waals surface area contributed by atoms with Crippen LogP contribution in [0.25, 0.3) is 0 Å². The Balaban J connectivity index is 3.72. The number of hydrogen-bond acceptors (Lipinski definition) is 4. The maximum atomic E-state index is 11.4. The molecule has 0 saturated heterocycles. The minimum atomic E-state index is -0.446. The molecule has 0 atom stereocenters. The van der Waals surface area contributed by atoms with Gasteiger partial charge in [-0.25, -0.2) is 0 Å². The van der Waals surface area contributed by atoms with Crippen LogP contribution >= 0.6 is 0 Å². The summed E-state index contributed by atoms with van der Waals surface area (Å²) in [6.45, 7) is 8.03. The Hall–Kier alpha value is -2.40. The molecule has 1 rings (SSSR count). The number of nitriles is 2. The summed E-state index contributed by atoms with van der Waals surface area (Å²) in [7, 11) is 0. The van der Waals surface area contributed by atoms with Crippen molar-refractivity contribution < 1.29 is 4.92 Å². The van der Waals surface area contributed by atoms with Gasteiger partial charge in [-0.2, -0.15) is 10.5 Å². The van der Waals surface area contributed by atoms with Crippen molar-refractivity contribution in [3.05, 3.63) is 38.4 Å². The molecule has 5 heteroatoms. The minimum absolute atomic E-state index is 0.0389. The van der Waals surface area contributed by atoms with Gasteiger partial charge >= 0.3 is 0 Å². The second-order valence-corrected chi connectivity index (χ2v) is 6.28. The van der Waals surface area contributed by atoms with Crippen LogP contribution in [-0.4, -0.2) is 4.92 Å². The largest absolute Gasteiger partial charge is 0.274 e. The molecular weight excluding hydrogens is 278 g/mol. The topological polar surface area (TPSA) is 90.7 Å². The van der Waals surface area contributed by atoms with Gasteiger partial charge < -0.3 is 0 Å². The molecule has 116 valence electrons. The summed E-state index contributed by atoms with van der Waals surface area (Å²) < 4.78 is 0. The third kappa shape index (κ3) is 4.05. The van der Waals surface area contributed by atoms with Crippen LogP contribution in [0.4, 0.5) is 5.69 Å². The van der Waals surface area contributed by atoms with E-state index in [9.17, 15) is 15.4 Å². The molecule has 0 aliphatic rings. The molecule has 0 unspecified atom stereocenters. The van der Waals surface area contributed by atoms with E-state index in [1.165, 1.54) is 6.07 Å². The monoisotopic (exact) mass is 299 g/mol. The van der Waals surface area contributed by atoms with Gasteiger partial charge in [0.1, 0.15) is 0 Å². The molecule has 5 nitrogen and oxygen atoms in total. The zero-order valence-electron chi connectivity index (χ0n) is 13.5. The van der Waals surface area contributed by atoms with E-state index in [1.54, 1.807) is 0 Å². The van der Waals surface area contributed by atoms with Gasteiger partial charge in [0.05, 0.1) is 29.0 Å². The summed E-state index contributed by atoms with van der Waals surface area (Å²) in [5.74, 6) is 0.536. The second kappa shape index (κ2) is 7.56. The fourth-order valence-corrected chi connectivity index (χ4v) is 2.64. The summed E-state index contributed by atoms with van der Waals surface area (Å²) in [5, 5.41) is 29.8. The van der Waals surface area contributed by atoms with Crippen molar-refractivity contribution in [1.29, 1.82) is 10.5 Å². The van der Waals surface area contributed by atoms with E-state index in [4.69, 9.17) is 5.26 Å². The number of nitrogens with zero attached hydrogens (tertiary/aromatic N) is 3. The zero-order valence-corrected chi connectivity index (χ0v) is 13.5. The van der Waals surface area contributed by atoms with Crippen LogP contribution < -0.4 is 0 Å². The Kier molecular flexibility index (Phi) is 6.07. The third-order valence-electron chi connectivity index (χ3n) is 3.44. The van der Waals surface area contributed by atoms with Crippen LogP contribution in [-0.2, 0) is 19.3 Å². The van der Waals surface area contributed by atoms with Gasteiger partial charge in [-0.15, -0.1) is 0 Å². The Morgan fingerprint density at radius 3 is 2.05 bits per heavy atom. The van der Waals surface area contributed by atoms with E-state index < -0.39 is 4.92 Å². The van der Waals surface area contributed by atoms with Gasteiger partial charge in [-0.05, 0) is 35.8 Å². The Bertz CT molecular complexity index is 649. The Morgan fingerprint density at radius 2 is 1.64 bits per heavy atom. The maximum absolute atomic E-state index is 11.4. The van der Waals surface area contributed by atoms with Crippen LogP contribution in [0.1, 0.15) is 49.9 Å². The van der Waals surface area contributed by atoms with Crippen LogP contribution in [0.15, 0.2) is 6.07 Å². The maximum Gasteiger partial charge on any atom is 0.274 e. The van der Waals surface area contributed by atoms with E-state index in [0.29, 0.717) is 35.4 Å². The first-order valence-electron chi connectivity index (χ1n) is 7.40. The van der Waals surface area contributed by atoms with Gasteiger partial charge in [0, 0.05) is 11.6 Å². The number of benzene rings is 1. The minimum Gasteiger partial charge on any atom is -0.258 e. The van der Waals surface area contributed by atoms with E-state index in [2.05, 4.69) is 12.1 Å². The summed E-state index contributed by atoms with van der Waals surface area (Å²) in [6.07, 6.45) is 1.27. The van der Waals surface area contributed by atoms with Crippen molar-refractivity contribution in [2.75, 3.05) is 0 Å². The highest BCUT2D eigenvalue weighted by molar-refractivity contribution is 5.58. The number of hydrogen-bond donors (Lipinski definition) is 0. The van der Waals surface area contributed by atoms with Crippen LogP contribution in [0, 0.1) is 44.6 Å². The van der Waals surface area contributed by atoms with Gasteiger partial charge in [-0.3, -0.25) is 10.1 Å². The Labute approximate surface area is 131 Å². The summed E-state index contributed by atoms with van der Waals surface area (Å²) in [4.78, 5) is 10.9. The normalized spacial score (nSPS) is 10.5. The molecule has 1 aromatic carbocycles. The summed E-state index contributed by atoms with van der Waals surface area (Å²) >= 11 is 0. The highest BCUT2D eigenvalue weighted by Crippen LogP contribution is 2.32. The lowest BCUT2D eigenvalue weighted by atomic mass is 9.85. The van der Waals surface area contributed by atoms with Crippen molar-refractivity contribution in [2.45, 2.75) is 47.0 Å². The average molecular weight is 299 g/mol. The fourth-order valence-electron chi connectivity index (χ4n) is 2.64. The first-order valence-corrected chi connectivity index (χ1v) is 7.40. The highest BCUT2D eigenvalue weighted by Gasteiger charge is 2.25. The lowest BCUT2D eigenvalue weighted by molar-refractivity contribution is -0.385. The first kappa shape index (κ1) is 17.7. The van der Waals surface area contributed by atoms with Crippen molar-refractivity contribution in [2.24, 2.45) is 11.8 Å². The van der Waals surface area contributed by atoms with Gasteiger partial charge in [0.25, 0.3) is 5.69 Å². The van der Waals surface area contributed by atoms with Crippen LogP contribution in [0.3, 0.4) is 0 Å². The van der Waals surface area contributed by atoms with Crippen LogP contribution in [0.5, 0.6) is 0 Å². The molecule has 1 aromatic rings. The third-order valence-corrected chi connectivity index (χ3v) is 3.44. The first-order chi connectivity index (χ1) is 10.3. The SMILES string of the molecule is CC(C)Cc1c(C#N)cc([N+](=O)[O-])c(CC(C)C)c1CC#N. The molecule has 0 N–H and O–H groups in total. The lowest BCUT2D eigenvalue weighted by Crippen LogP contribution is -2.11. The standard InChI is InChI=1S/C17H21N3O2/c1-11(2)7-15-13(10-19)9-17(20(21)22)16(8-12(3)4)14(15)5-6-18/h9,11-12H,5,7-8H2,1-4H3. The summed E-state index contributed by atoms with van der Waals surface area (Å²) in [5.41, 5.74) is 2.35. The van der Waals surface area contributed by atoms with Gasteiger partial charge in [-0.1, -0.05) is 27.7 Å². The smallest absolute Gasteiger partial charge is 0.258 e. The quantitative estimate of drug-likeness (QED) is 0.587. The number of nitro benzene ring substituents is 1. The van der Waals surface area contributed by atoms with Crippen molar-refractivity contribution in [1.82, 2.24) is 0 Å². The van der Waals surface area contributed by atoms with E-state index in [-0.39, 0.29) is 18.0 Å². The molecule has 0 aliphatic heterocycles. The predicted octanol–water partition coefficient (Wildman–Crippen LogP) is 3.93. The molecule has 0 heterocycles.